The van der Waals surface area contributed by atoms with E-state index in [0.717, 1.165) is 15.4 Å². The molecule has 0 heterocycles. The number of likely N-dealkylation sites (N-methyl/N-ethyl adjacent to an activating group) is 1. The summed E-state index contributed by atoms with van der Waals surface area (Å²) < 4.78 is 29.2. The molecule has 1 unspecified atom stereocenters. The Labute approximate surface area is 283 Å². The van der Waals surface area contributed by atoms with Crippen molar-refractivity contribution in [3.63, 3.8) is 0 Å². The normalized spacial score (nSPS) is 12.0. The minimum absolute atomic E-state index is 0.0187. The molecule has 4 aromatic rings. The van der Waals surface area contributed by atoms with Crippen molar-refractivity contribution in [3.05, 3.63) is 128 Å². The highest BCUT2D eigenvalue weighted by Gasteiger charge is 2.35. The minimum Gasteiger partial charge on any atom is -0.355 e. The van der Waals surface area contributed by atoms with Crippen LogP contribution in [-0.4, -0.2) is 44.3 Å². The highest BCUT2D eigenvalue weighted by Crippen LogP contribution is 2.36. The molecule has 0 radical (unpaired) electrons. The zero-order chi connectivity index (χ0) is 32.7. The van der Waals surface area contributed by atoms with Crippen LogP contribution in [-0.2, 0) is 32.6 Å². The van der Waals surface area contributed by atoms with Gasteiger partial charge in [0, 0.05) is 19.5 Å². The van der Waals surface area contributed by atoms with Crippen molar-refractivity contribution in [2.45, 2.75) is 37.8 Å². The molecule has 45 heavy (non-hydrogen) atoms. The average Bonchev–Trinajstić information content (AvgIpc) is 3.01. The number of carbonyl (C=O) groups excluding carboxylic acids is 2. The summed E-state index contributed by atoms with van der Waals surface area (Å²) in [4.78, 5) is 29.4. The molecule has 4 aromatic carbocycles. The second-order valence-corrected chi connectivity index (χ2v) is 13.7. The Bertz CT molecular complexity index is 1770. The van der Waals surface area contributed by atoms with Crippen LogP contribution in [0.25, 0.3) is 0 Å². The van der Waals surface area contributed by atoms with Crippen LogP contribution in [0, 0.1) is 6.92 Å². The maximum absolute atomic E-state index is 14.5. The number of nitrogens with zero attached hydrogens (tertiary/aromatic N) is 2. The lowest BCUT2D eigenvalue weighted by molar-refractivity contribution is -0.140. The highest BCUT2D eigenvalue weighted by atomic mass is 35.5. The van der Waals surface area contributed by atoms with E-state index in [9.17, 15) is 18.0 Å². The Morgan fingerprint density at radius 1 is 0.800 bits per heavy atom. The molecule has 0 aliphatic heterocycles. The first-order chi connectivity index (χ1) is 21.4. The third kappa shape index (κ3) is 8.51. The molecule has 1 N–H and O–H groups in total. The van der Waals surface area contributed by atoms with Crippen molar-refractivity contribution in [3.8, 4) is 0 Å². The standard InChI is InChI=1S/C33H31Cl4N3O4S/c1-3-38-33(42)30(19-23-8-5-4-6-9-23)39(20-24-14-17-26(34)28(36)18-24)31(41)21-40(29-11-7-10-27(35)32(29)37)45(43,44)25-15-12-22(2)13-16-25/h4-18,30H,3,19-21H2,1-2H3,(H,38,42). The predicted molar refractivity (Wildman–Crippen MR) is 182 cm³/mol. The molecule has 0 saturated heterocycles. The van der Waals surface area contributed by atoms with Gasteiger partial charge in [-0.25, -0.2) is 8.42 Å². The lowest BCUT2D eigenvalue weighted by Crippen LogP contribution is -2.53. The summed E-state index contributed by atoms with van der Waals surface area (Å²) in [5, 5.41) is 3.49. The number of hydrogen-bond acceptors (Lipinski definition) is 4. The van der Waals surface area contributed by atoms with Gasteiger partial charge >= 0.3 is 0 Å². The lowest BCUT2D eigenvalue weighted by atomic mass is 10.0. The minimum atomic E-state index is -4.34. The van der Waals surface area contributed by atoms with Gasteiger partial charge in [-0.1, -0.05) is 107 Å². The molecule has 7 nitrogen and oxygen atoms in total. The summed E-state index contributed by atoms with van der Waals surface area (Å²) >= 11 is 25.3. The van der Waals surface area contributed by atoms with Crippen LogP contribution in [0.1, 0.15) is 23.6 Å². The van der Waals surface area contributed by atoms with Crippen molar-refractivity contribution >= 4 is 73.9 Å². The van der Waals surface area contributed by atoms with Crippen LogP contribution in [0.3, 0.4) is 0 Å². The van der Waals surface area contributed by atoms with E-state index >= 15 is 0 Å². The van der Waals surface area contributed by atoms with E-state index in [1.165, 1.54) is 29.2 Å². The van der Waals surface area contributed by atoms with Gasteiger partial charge < -0.3 is 10.2 Å². The SMILES string of the molecule is CCNC(=O)C(Cc1ccccc1)N(Cc1ccc(Cl)c(Cl)c1)C(=O)CN(c1cccc(Cl)c1Cl)S(=O)(=O)c1ccc(C)cc1. The molecule has 0 aromatic heterocycles. The Balaban J connectivity index is 1.84. The molecule has 0 saturated carbocycles. The third-order valence-corrected chi connectivity index (χ3v) is 10.4. The van der Waals surface area contributed by atoms with E-state index in [-0.39, 0.29) is 38.6 Å². The number of nitrogens with one attached hydrogen (secondary N) is 1. The van der Waals surface area contributed by atoms with Crippen LogP contribution < -0.4 is 9.62 Å². The molecule has 4 rings (SSSR count). The van der Waals surface area contributed by atoms with Crippen LogP contribution >= 0.6 is 46.4 Å². The predicted octanol–water partition coefficient (Wildman–Crippen LogP) is 7.58. The molecule has 0 fully saturated rings. The zero-order valence-corrected chi connectivity index (χ0v) is 28.4. The fourth-order valence-corrected chi connectivity index (χ4v) is 6.91. The zero-order valence-electron chi connectivity index (χ0n) is 24.5. The molecule has 0 aliphatic carbocycles. The molecule has 0 spiro atoms. The van der Waals surface area contributed by atoms with E-state index in [2.05, 4.69) is 5.32 Å². The van der Waals surface area contributed by atoms with Gasteiger partial charge in [-0.15, -0.1) is 0 Å². The van der Waals surface area contributed by atoms with Gasteiger partial charge in [-0.3, -0.25) is 13.9 Å². The van der Waals surface area contributed by atoms with Gasteiger partial charge in [0.05, 0.1) is 30.7 Å². The smallest absolute Gasteiger partial charge is 0.264 e. The first-order valence-corrected chi connectivity index (χ1v) is 17.0. The number of anilines is 1. The fraction of sp³-hybridized carbons (Fsp3) is 0.212. The van der Waals surface area contributed by atoms with Gasteiger partial charge in [-0.2, -0.15) is 0 Å². The number of sulfonamides is 1. The van der Waals surface area contributed by atoms with Crippen LogP contribution in [0.15, 0.2) is 95.9 Å². The lowest BCUT2D eigenvalue weighted by Gasteiger charge is -2.34. The molecular weight excluding hydrogens is 676 g/mol. The second-order valence-electron chi connectivity index (χ2n) is 10.3. The summed E-state index contributed by atoms with van der Waals surface area (Å²) in [5.74, 6) is -1.05. The Morgan fingerprint density at radius 3 is 2.13 bits per heavy atom. The maximum Gasteiger partial charge on any atom is 0.264 e. The van der Waals surface area contributed by atoms with E-state index < -0.39 is 34.4 Å². The number of hydrogen-bond donors (Lipinski definition) is 1. The van der Waals surface area contributed by atoms with Gasteiger partial charge in [0.1, 0.15) is 12.6 Å². The first-order valence-electron chi connectivity index (χ1n) is 14.0. The number of rotatable bonds is 12. The first kappa shape index (κ1) is 34.6. The Kier molecular flexibility index (Phi) is 11.8. The van der Waals surface area contributed by atoms with Crippen molar-refractivity contribution in [1.82, 2.24) is 10.2 Å². The largest absolute Gasteiger partial charge is 0.355 e. The molecule has 0 aliphatic rings. The average molecular weight is 708 g/mol. The Morgan fingerprint density at radius 2 is 1.49 bits per heavy atom. The van der Waals surface area contributed by atoms with E-state index in [4.69, 9.17) is 46.4 Å². The van der Waals surface area contributed by atoms with E-state index in [1.807, 2.05) is 37.3 Å². The van der Waals surface area contributed by atoms with Crippen molar-refractivity contribution < 1.29 is 18.0 Å². The molecular formula is C33H31Cl4N3O4S. The highest BCUT2D eigenvalue weighted by molar-refractivity contribution is 7.92. The van der Waals surface area contributed by atoms with Crippen LogP contribution in [0.2, 0.25) is 20.1 Å². The second kappa shape index (κ2) is 15.3. The number of benzene rings is 4. The summed E-state index contributed by atoms with van der Waals surface area (Å²) in [6.07, 6.45) is 0.169. The molecule has 2 amide bonds. The van der Waals surface area contributed by atoms with E-state index in [0.29, 0.717) is 17.1 Å². The fourth-order valence-electron chi connectivity index (χ4n) is 4.72. The van der Waals surface area contributed by atoms with Crippen LogP contribution in [0.5, 0.6) is 0 Å². The number of amides is 2. The summed E-state index contributed by atoms with van der Waals surface area (Å²) in [7, 11) is -4.34. The number of carbonyl (C=O) groups is 2. The summed E-state index contributed by atoms with van der Waals surface area (Å²) in [6, 6.07) is 23.9. The van der Waals surface area contributed by atoms with Gasteiger partial charge in [0.15, 0.2) is 0 Å². The number of aryl methyl sites for hydroxylation is 1. The van der Waals surface area contributed by atoms with Crippen molar-refractivity contribution in [2.24, 2.45) is 0 Å². The monoisotopic (exact) mass is 705 g/mol. The van der Waals surface area contributed by atoms with Crippen molar-refractivity contribution in [2.75, 3.05) is 17.4 Å². The maximum atomic E-state index is 14.5. The quantitative estimate of drug-likeness (QED) is 0.165. The molecule has 0 bridgehead atoms. The number of halogens is 4. The van der Waals surface area contributed by atoms with E-state index in [1.54, 1.807) is 43.3 Å². The topological polar surface area (TPSA) is 86.8 Å². The van der Waals surface area contributed by atoms with Gasteiger partial charge in [-0.05, 0) is 61.4 Å². The molecule has 12 heteroatoms. The van der Waals surface area contributed by atoms with Crippen LogP contribution in [0.4, 0.5) is 5.69 Å². The third-order valence-electron chi connectivity index (χ3n) is 7.05. The van der Waals surface area contributed by atoms with Gasteiger partial charge in [0.2, 0.25) is 11.8 Å². The van der Waals surface area contributed by atoms with Gasteiger partial charge in [0.25, 0.3) is 10.0 Å². The van der Waals surface area contributed by atoms with Crippen molar-refractivity contribution in [1.29, 1.82) is 0 Å². The Hall–Kier alpha value is -3.27. The summed E-state index contributed by atoms with van der Waals surface area (Å²) in [5.41, 5.74) is 2.28. The molecule has 1 atom stereocenters. The summed E-state index contributed by atoms with van der Waals surface area (Å²) in [6.45, 7) is 3.19. The molecule has 236 valence electrons.